The molecular formula is C16H26Br2O4. The van der Waals surface area contributed by atoms with Crippen molar-refractivity contribution < 1.29 is 19.1 Å². The summed E-state index contributed by atoms with van der Waals surface area (Å²) < 4.78 is 9.99. The summed E-state index contributed by atoms with van der Waals surface area (Å²) in [5.41, 5.74) is 0. The molecule has 0 aromatic heterocycles. The normalized spacial score (nSPS) is 10.8. The minimum atomic E-state index is -0.491. The van der Waals surface area contributed by atoms with E-state index in [1.165, 1.54) is 0 Å². The van der Waals surface area contributed by atoms with Crippen molar-refractivity contribution in [2.24, 2.45) is 0 Å². The van der Waals surface area contributed by atoms with Gasteiger partial charge in [0.1, 0.15) is 0 Å². The molecule has 0 rings (SSSR count). The molecule has 0 radical (unpaired) electrons. The number of ether oxygens (including phenoxy) is 2. The van der Waals surface area contributed by atoms with Crippen molar-refractivity contribution in [3.05, 3.63) is 12.2 Å². The van der Waals surface area contributed by atoms with Crippen molar-refractivity contribution in [1.29, 1.82) is 0 Å². The average Bonchev–Trinajstić information content (AvgIpc) is 2.52. The van der Waals surface area contributed by atoms with E-state index in [0.717, 1.165) is 74.2 Å². The maximum Gasteiger partial charge on any atom is 0.331 e. The number of esters is 2. The van der Waals surface area contributed by atoms with E-state index in [4.69, 9.17) is 9.47 Å². The zero-order valence-electron chi connectivity index (χ0n) is 13.0. The zero-order chi connectivity index (χ0) is 16.5. The summed E-state index contributed by atoms with van der Waals surface area (Å²) in [7, 11) is 0. The first-order valence-electron chi connectivity index (χ1n) is 7.84. The summed E-state index contributed by atoms with van der Waals surface area (Å²) >= 11 is 6.74. The lowest BCUT2D eigenvalue weighted by atomic mass is 10.2. The van der Waals surface area contributed by atoms with Gasteiger partial charge < -0.3 is 9.47 Å². The highest BCUT2D eigenvalue weighted by Crippen LogP contribution is 2.03. The Morgan fingerprint density at radius 3 is 1.36 bits per heavy atom. The molecule has 0 spiro atoms. The molecule has 0 aromatic rings. The number of alkyl halides is 2. The molecule has 0 saturated heterocycles. The fourth-order valence-electron chi connectivity index (χ4n) is 1.68. The number of hydrogen-bond acceptors (Lipinski definition) is 4. The van der Waals surface area contributed by atoms with Crippen LogP contribution >= 0.6 is 31.9 Å². The molecule has 6 heteroatoms. The summed E-state index contributed by atoms with van der Waals surface area (Å²) in [5, 5.41) is 2.02. The van der Waals surface area contributed by atoms with Crippen LogP contribution in [0.1, 0.15) is 51.4 Å². The Bertz CT molecular complexity index is 289. The van der Waals surface area contributed by atoms with Gasteiger partial charge in [0.2, 0.25) is 0 Å². The highest BCUT2D eigenvalue weighted by atomic mass is 79.9. The van der Waals surface area contributed by atoms with E-state index in [1.54, 1.807) is 0 Å². The quantitative estimate of drug-likeness (QED) is 0.172. The van der Waals surface area contributed by atoms with Gasteiger partial charge in [0.05, 0.1) is 13.2 Å². The van der Waals surface area contributed by atoms with Gasteiger partial charge in [-0.05, 0) is 25.7 Å². The minimum absolute atomic E-state index is 0.397. The molecule has 0 fully saturated rings. The molecule has 0 saturated carbocycles. The average molecular weight is 442 g/mol. The van der Waals surface area contributed by atoms with Gasteiger partial charge in [-0.2, -0.15) is 0 Å². The lowest BCUT2D eigenvalue weighted by molar-refractivity contribution is -0.140. The Kier molecular flexibility index (Phi) is 16.7. The minimum Gasteiger partial charge on any atom is -0.463 e. The number of rotatable bonds is 14. The highest BCUT2D eigenvalue weighted by molar-refractivity contribution is 9.09. The van der Waals surface area contributed by atoms with Crippen molar-refractivity contribution in [3.63, 3.8) is 0 Å². The second kappa shape index (κ2) is 17.0. The number of unbranched alkanes of at least 4 members (excludes halogenated alkanes) is 6. The summed E-state index contributed by atoms with van der Waals surface area (Å²) in [6.45, 7) is 0.794. The van der Waals surface area contributed by atoms with Crippen molar-refractivity contribution in [2.45, 2.75) is 51.4 Å². The third-order valence-electron chi connectivity index (χ3n) is 2.90. The predicted octanol–water partition coefficient (Wildman–Crippen LogP) is 4.54. The summed E-state index contributed by atoms with van der Waals surface area (Å²) in [6.07, 6.45) is 10.6. The van der Waals surface area contributed by atoms with E-state index in [1.807, 2.05) is 0 Å². The van der Waals surface area contributed by atoms with Gasteiger partial charge in [-0.15, -0.1) is 0 Å². The standard InChI is InChI=1S/C16H26Br2O4/c17-11-5-1-3-7-13-21-15(19)9-10-16(20)22-14-8-4-2-6-12-18/h9-10H,1-8,11-14H2/b10-9+. The molecule has 0 aliphatic carbocycles. The zero-order valence-corrected chi connectivity index (χ0v) is 16.2. The van der Waals surface area contributed by atoms with Gasteiger partial charge in [-0.25, -0.2) is 9.59 Å². The SMILES string of the molecule is O=C(/C=C/C(=O)OCCCCCCBr)OCCCCCCBr. The van der Waals surface area contributed by atoms with Crippen LogP contribution < -0.4 is 0 Å². The number of hydrogen-bond donors (Lipinski definition) is 0. The molecule has 4 nitrogen and oxygen atoms in total. The Hall–Kier alpha value is -0.360. The van der Waals surface area contributed by atoms with Crippen LogP contribution in [0.2, 0.25) is 0 Å². The van der Waals surface area contributed by atoms with Gasteiger partial charge in [-0.1, -0.05) is 57.5 Å². The maximum absolute atomic E-state index is 11.4. The van der Waals surface area contributed by atoms with Crippen LogP contribution in [0.15, 0.2) is 12.2 Å². The predicted molar refractivity (Wildman–Crippen MR) is 95.6 cm³/mol. The molecule has 0 aliphatic heterocycles. The maximum atomic E-state index is 11.4. The van der Waals surface area contributed by atoms with Crippen LogP contribution in [0, 0.1) is 0 Å². The largest absolute Gasteiger partial charge is 0.463 e. The first-order chi connectivity index (χ1) is 10.7. The summed E-state index contributed by atoms with van der Waals surface area (Å²) in [4.78, 5) is 22.7. The fourth-order valence-corrected chi connectivity index (χ4v) is 2.47. The van der Waals surface area contributed by atoms with Gasteiger partial charge in [0.25, 0.3) is 0 Å². The third kappa shape index (κ3) is 16.0. The Morgan fingerprint density at radius 1 is 0.636 bits per heavy atom. The van der Waals surface area contributed by atoms with Crippen LogP contribution in [0.4, 0.5) is 0 Å². The van der Waals surface area contributed by atoms with Gasteiger partial charge in [-0.3, -0.25) is 0 Å². The third-order valence-corrected chi connectivity index (χ3v) is 4.02. The lowest BCUT2D eigenvalue weighted by Gasteiger charge is -2.02. The van der Waals surface area contributed by atoms with Crippen LogP contribution in [-0.4, -0.2) is 35.8 Å². The second-order valence-corrected chi connectivity index (χ2v) is 6.46. The van der Waals surface area contributed by atoms with Gasteiger partial charge in [0.15, 0.2) is 0 Å². The lowest BCUT2D eigenvalue weighted by Crippen LogP contribution is -2.06. The Labute approximate surface area is 150 Å². The smallest absolute Gasteiger partial charge is 0.331 e. The molecular weight excluding hydrogens is 416 g/mol. The monoisotopic (exact) mass is 440 g/mol. The van der Waals surface area contributed by atoms with Gasteiger partial charge in [0, 0.05) is 22.8 Å². The van der Waals surface area contributed by atoms with Gasteiger partial charge >= 0.3 is 11.9 Å². The number of halogens is 2. The first-order valence-corrected chi connectivity index (χ1v) is 10.1. The van der Waals surface area contributed by atoms with E-state index < -0.39 is 11.9 Å². The summed E-state index contributed by atoms with van der Waals surface area (Å²) in [5.74, 6) is -0.982. The number of carbonyl (C=O) groups excluding carboxylic acids is 2. The fraction of sp³-hybridized carbons (Fsp3) is 0.750. The van der Waals surface area contributed by atoms with E-state index in [-0.39, 0.29) is 0 Å². The highest BCUT2D eigenvalue weighted by Gasteiger charge is 2.01. The molecule has 0 N–H and O–H groups in total. The van der Waals surface area contributed by atoms with Crippen molar-refractivity contribution in [2.75, 3.05) is 23.9 Å². The molecule has 0 atom stereocenters. The molecule has 0 heterocycles. The number of carbonyl (C=O) groups is 2. The van der Waals surface area contributed by atoms with Crippen LogP contribution in [0.5, 0.6) is 0 Å². The van der Waals surface area contributed by atoms with E-state index >= 15 is 0 Å². The van der Waals surface area contributed by atoms with E-state index in [9.17, 15) is 9.59 Å². The molecule has 0 amide bonds. The van der Waals surface area contributed by atoms with Crippen molar-refractivity contribution in [3.8, 4) is 0 Å². The Balaban J connectivity index is 3.51. The van der Waals surface area contributed by atoms with E-state index in [0.29, 0.717) is 13.2 Å². The van der Waals surface area contributed by atoms with Crippen LogP contribution in [-0.2, 0) is 19.1 Å². The van der Waals surface area contributed by atoms with Crippen LogP contribution in [0.25, 0.3) is 0 Å². The van der Waals surface area contributed by atoms with Crippen LogP contribution in [0.3, 0.4) is 0 Å². The van der Waals surface area contributed by atoms with Crippen molar-refractivity contribution >= 4 is 43.8 Å². The topological polar surface area (TPSA) is 52.6 Å². The molecule has 0 unspecified atom stereocenters. The molecule has 0 aromatic carbocycles. The second-order valence-electron chi connectivity index (χ2n) is 4.87. The summed E-state index contributed by atoms with van der Waals surface area (Å²) in [6, 6.07) is 0. The first kappa shape index (κ1) is 21.6. The van der Waals surface area contributed by atoms with Crippen molar-refractivity contribution in [1.82, 2.24) is 0 Å². The molecule has 0 aliphatic rings. The molecule has 128 valence electrons. The molecule has 22 heavy (non-hydrogen) atoms. The Morgan fingerprint density at radius 2 is 1.00 bits per heavy atom. The molecule has 0 bridgehead atoms. The van der Waals surface area contributed by atoms with E-state index in [2.05, 4.69) is 31.9 Å².